The van der Waals surface area contributed by atoms with E-state index in [2.05, 4.69) is 0 Å². The summed E-state index contributed by atoms with van der Waals surface area (Å²) in [7, 11) is 0. The van der Waals surface area contributed by atoms with Gasteiger partial charge in [-0.15, -0.1) is 0 Å². The zero-order valence-electron chi connectivity index (χ0n) is 11.0. The largest absolute Gasteiger partial charge is 0.480 e. The first-order chi connectivity index (χ1) is 9.90. The lowest BCUT2D eigenvalue weighted by molar-refractivity contribution is -0.385. The number of para-hydroxylation sites is 1. The molecule has 1 fully saturated rings. The number of carbonyl (C=O) groups is 2. The van der Waals surface area contributed by atoms with Crippen LogP contribution in [0.3, 0.4) is 0 Å². The Balaban J connectivity index is 2.18. The quantitative estimate of drug-likeness (QED) is 0.603. The van der Waals surface area contributed by atoms with Gasteiger partial charge in [0.1, 0.15) is 6.04 Å². The van der Waals surface area contributed by atoms with Gasteiger partial charge in [0.2, 0.25) is 5.91 Å². The second-order valence-corrected chi connectivity index (χ2v) is 4.85. The predicted octanol–water partition coefficient (Wildman–Crippen LogP) is 0.184. The lowest BCUT2D eigenvalue weighted by Crippen LogP contribution is -2.41. The Morgan fingerprint density at radius 3 is 2.67 bits per heavy atom. The number of nitro benzene ring substituents is 1. The van der Waals surface area contributed by atoms with Crippen molar-refractivity contribution >= 4 is 17.6 Å². The van der Waals surface area contributed by atoms with Gasteiger partial charge in [0.15, 0.2) is 0 Å². The third-order valence-corrected chi connectivity index (χ3v) is 3.41. The molecule has 0 aromatic heterocycles. The van der Waals surface area contributed by atoms with Crippen molar-refractivity contribution in [3.05, 3.63) is 39.9 Å². The van der Waals surface area contributed by atoms with E-state index in [-0.39, 0.29) is 30.6 Å². The van der Waals surface area contributed by atoms with E-state index in [0.29, 0.717) is 0 Å². The summed E-state index contributed by atoms with van der Waals surface area (Å²) in [5.74, 6) is -1.74. The van der Waals surface area contributed by atoms with E-state index in [4.69, 9.17) is 5.11 Å². The molecular weight excluding hydrogens is 280 g/mol. The summed E-state index contributed by atoms with van der Waals surface area (Å²) in [6.45, 7) is -0.0730. The lowest BCUT2D eigenvalue weighted by atomic mass is 10.1. The summed E-state index contributed by atoms with van der Waals surface area (Å²) in [5.41, 5.74) is 0.0375. The molecule has 1 aliphatic heterocycles. The number of rotatable bonds is 4. The van der Waals surface area contributed by atoms with Crippen molar-refractivity contribution in [3.63, 3.8) is 0 Å². The summed E-state index contributed by atoms with van der Waals surface area (Å²) in [5, 5.41) is 29.5. The molecule has 2 rings (SSSR count). The fourth-order valence-corrected chi connectivity index (χ4v) is 2.43. The van der Waals surface area contributed by atoms with Gasteiger partial charge in [-0.05, 0) is 0 Å². The molecule has 0 radical (unpaired) electrons. The zero-order valence-corrected chi connectivity index (χ0v) is 11.0. The molecule has 1 aliphatic rings. The molecule has 0 saturated carbocycles. The van der Waals surface area contributed by atoms with E-state index >= 15 is 0 Å². The SMILES string of the molecule is O=C(O)C1CC(O)CN1C(=O)Cc1ccccc1[N+](=O)[O-]. The lowest BCUT2D eigenvalue weighted by Gasteiger charge is -2.21. The number of aliphatic hydroxyl groups is 1. The van der Waals surface area contributed by atoms with Gasteiger partial charge in [-0.1, -0.05) is 18.2 Å². The first-order valence-corrected chi connectivity index (χ1v) is 6.32. The molecule has 112 valence electrons. The molecule has 8 nitrogen and oxygen atoms in total. The van der Waals surface area contributed by atoms with Gasteiger partial charge >= 0.3 is 5.97 Å². The van der Waals surface area contributed by atoms with Crippen LogP contribution in [0.4, 0.5) is 5.69 Å². The first kappa shape index (κ1) is 14.9. The fourth-order valence-electron chi connectivity index (χ4n) is 2.43. The molecule has 1 aromatic carbocycles. The number of aliphatic hydroxyl groups excluding tert-OH is 1. The summed E-state index contributed by atoms with van der Waals surface area (Å²) in [6, 6.07) is 4.72. The zero-order chi connectivity index (χ0) is 15.6. The van der Waals surface area contributed by atoms with Gasteiger partial charge in [0.05, 0.1) is 17.4 Å². The molecule has 0 spiro atoms. The number of benzene rings is 1. The van der Waals surface area contributed by atoms with E-state index in [9.17, 15) is 24.8 Å². The van der Waals surface area contributed by atoms with Crippen LogP contribution in [0.2, 0.25) is 0 Å². The minimum Gasteiger partial charge on any atom is -0.480 e. The van der Waals surface area contributed by atoms with Crippen LogP contribution < -0.4 is 0 Å². The molecule has 21 heavy (non-hydrogen) atoms. The van der Waals surface area contributed by atoms with E-state index in [0.717, 1.165) is 4.90 Å². The van der Waals surface area contributed by atoms with Gasteiger partial charge in [-0.3, -0.25) is 14.9 Å². The summed E-state index contributed by atoms with van der Waals surface area (Å²) >= 11 is 0. The highest BCUT2D eigenvalue weighted by Crippen LogP contribution is 2.23. The van der Waals surface area contributed by atoms with Gasteiger partial charge in [0, 0.05) is 24.6 Å². The van der Waals surface area contributed by atoms with Crippen molar-refractivity contribution in [1.82, 2.24) is 4.90 Å². The Hall–Kier alpha value is -2.48. The molecule has 2 unspecified atom stereocenters. The number of nitro groups is 1. The van der Waals surface area contributed by atoms with Crippen molar-refractivity contribution in [3.8, 4) is 0 Å². The number of likely N-dealkylation sites (tertiary alicyclic amines) is 1. The number of carboxylic acids is 1. The second kappa shape index (κ2) is 5.88. The van der Waals surface area contributed by atoms with Crippen molar-refractivity contribution in [2.75, 3.05) is 6.54 Å². The highest BCUT2D eigenvalue weighted by Gasteiger charge is 2.39. The number of amides is 1. The predicted molar refractivity (Wildman–Crippen MR) is 70.6 cm³/mol. The molecule has 1 aromatic rings. The molecule has 0 bridgehead atoms. The van der Waals surface area contributed by atoms with Crippen LogP contribution in [-0.4, -0.2) is 50.6 Å². The Morgan fingerprint density at radius 2 is 2.05 bits per heavy atom. The average molecular weight is 294 g/mol. The summed E-state index contributed by atoms with van der Waals surface area (Å²) in [6.07, 6.45) is -1.19. The summed E-state index contributed by atoms with van der Waals surface area (Å²) in [4.78, 5) is 34.6. The van der Waals surface area contributed by atoms with Crippen LogP contribution >= 0.6 is 0 Å². The minimum absolute atomic E-state index is 0.0298. The maximum absolute atomic E-state index is 12.2. The first-order valence-electron chi connectivity index (χ1n) is 6.32. The molecule has 1 saturated heterocycles. The van der Waals surface area contributed by atoms with Crippen LogP contribution in [-0.2, 0) is 16.0 Å². The molecule has 2 N–H and O–H groups in total. The number of hydrogen-bond acceptors (Lipinski definition) is 5. The third kappa shape index (κ3) is 3.16. The number of nitrogens with zero attached hydrogens (tertiary/aromatic N) is 2. The number of aliphatic carboxylic acids is 1. The second-order valence-electron chi connectivity index (χ2n) is 4.85. The van der Waals surface area contributed by atoms with E-state index in [1.807, 2.05) is 0 Å². The maximum atomic E-state index is 12.2. The van der Waals surface area contributed by atoms with E-state index in [1.54, 1.807) is 6.07 Å². The maximum Gasteiger partial charge on any atom is 0.326 e. The molecule has 1 heterocycles. The van der Waals surface area contributed by atoms with Gasteiger partial charge < -0.3 is 15.1 Å². The molecule has 8 heteroatoms. The Kier molecular flexibility index (Phi) is 4.18. The number of hydrogen-bond donors (Lipinski definition) is 2. The van der Waals surface area contributed by atoms with Crippen LogP contribution in [0.25, 0.3) is 0 Å². The normalized spacial score (nSPS) is 21.3. The average Bonchev–Trinajstić information content (AvgIpc) is 2.81. The van der Waals surface area contributed by atoms with Crippen LogP contribution in [0.1, 0.15) is 12.0 Å². The smallest absolute Gasteiger partial charge is 0.326 e. The Bertz CT molecular complexity index is 588. The standard InChI is InChI=1S/C13H14N2O6/c16-9-6-11(13(18)19)14(7-9)12(17)5-8-3-1-2-4-10(8)15(20)21/h1-4,9,11,16H,5-7H2,(H,18,19). The topological polar surface area (TPSA) is 121 Å². The molecule has 2 atom stereocenters. The fraction of sp³-hybridized carbons (Fsp3) is 0.385. The van der Waals surface area contributed by atoms with Crippen molar-refractivity contribution < 1.29 is 24.7 Å². The van der Waals surface area contributed by atoms with Crippen LogP contribution in [0.15, 0.2) is 24.3 Å². The third-order valence-electron chi connectivity index (χ3n) is 3.41. The number of carbonyl (C=O) groups excluding carboxylic acids is 1. The van der Waals surface area contributed by atoms with Gasteiger partial charge in [0.25, 0.3) is 5.69 Å². The number of carboxylic acid groups (broad SMARTS) is 1. The van der Waals surface area contributed by atoms with Gasteiger partial charge in [-0.2, -0.15) is 0 Å². The van der Waals surface area contributed by atoms with Gasteiger partial charge in [-0.25, -0.2) is 4.79 Å². The van der Waals surface area contributed by atoms with Crippen molar-refractivity contribution in [1.29, 1.82) is 0 Å². The van der Waals surface area contributed by atoms with Crippen molar-refractivity contribution in [2.45, 2.75) is 25.0 Å². The minimum atomic E-state index is -1.19. The Morgan fingerprint density at radius 1 is 1.38 bits per heavy atom. The number of β-amino-alcohol motifs (C(OH)–C–C–N with tert-alkyl or cyclic N) is 1. The molecular formula is C13H14N2O6. The van der Waals surface area contributed by atoms with Crippen LogP contribution in [0.5, 0.6) is 0 Å². The highest BCUT2D eigenvalue weighted by atomic mass is 16.6. The van der Waals surface area contributed by atoms with Crippen LogP contribution in [0, 0.1) is 10.1 Å². The van der Waals surface area contributed by atoms with E-state index in [1.165, 1.54) is 18.2 Å². The molecule has 1 amide bonds. The summed E-state index contributed by atoms with van der Waals surface area (Å²) < 4.78 is 0. The van der Waals surface area contributed by atoms with Crippen molar-refractivity contribution in [2.24, 2.45) is 0 Å². The molecule has 0 aliphatic carbocycles. The highest BCUT2D eigenvalue weighted by molar-refractivity contribution is 5.86. The monoisotopic (exact) mass is 294 g/mol. The Labute approximate surface area is 119 Å². The van der Waals surface area contributed by atoms with E-state index < -0.39 is 28.9 Å².